The quantitative estimate of drug-likeness (QED) is 0.579. The van der Waals surface area contributed by atoms with Gasteiger partial charge >= 0.3 is 0 Å². The third kappa shape index (κ3) is 5.36. The van der Waals surface area contributed by atoms with Crippen molar-refractivity contribution in [2.75, 3.05) is 31.0 Å². The molecule has 3 N–H and O–H groups in total. The molecule has 0 aliphatic carbocycles. The van der Waals surface area contributed by atoms with Crippen molar-refractivity contribution in [1.29, 1.82) is 0 Å². The van der Waals surface area contributed by atoms with Crippen LogP contribution in [0.5, 0.6) is 0 Å². The number of anilines is 1. The molecule has 1 aliphatic heterocycles. The Kier molecular flexibility index (Phi) is 6.56. The standard InChI is InChI=1S/C21H26N4O3S/c1-17-8-10-19(11-9-17)25(29(27,28)20-6-4-3-5-7-20)16-21(26)23-22-18-12-14-24(2)15-13-18/h3-12,22H,13-16H2,1-2H3,(H,23,26)/p+1. The highest BCUT2D eigenvalue weighted by Crippen LogP contribution is 2.23. The van der Waals surface area contributed by atoms with Crippen molar-refractivity contribution < 1.29 is 18.1 Å². The number of aryl methyl sites for hydroxylation is 1. The van der Waals surface area contributed by atoms with E-state index in [-0.39, 0.29) is 11.4 Å². The predicted octanol–water partition coefficient (Wildman–Crippen LogP) is 0.613. The van der Waals surface area contributed by atoms with Crippen LogP contribution in [0, 0.1) is 6.92 Å². The Bertz CT molecular complexity index is 973. The lowest BCUT2D eigenvalue weighted by atomic mass is 10.2. The van der Waals surface area contributed by atoms with Crippen LogP contribution in [0.3, 0.4) is 0 Å². The molecule has 1 unspecified atom stereocenters. The topological polar surface area (TPSA) is 82.9 Å². The number of hydrogen-bond acceptors (Lipinski definition) is 4. The molecule has 2 aromatic rings. The lowest BCUT2D eigenvalue weighted by Gasteiger charge is -2.25. The Balaban J connectivity index is 1.78. The first-order valence-electron chi connectivity index (χ1n) is 9.56. The normalized spacial score (nSPS) is 16.6. The van der Waals surface area contributed by atoms with Crippen molar-refractivity contribution in [3.05, 3.63) is 71.9 Å². The highest BCUT2D eigenvalue weighted by Gasteiger charge is 2.27. The second-order valence-corrected chi connectivity index (χ2v) is 9.09. The molecule has 1 heterocycles. The Morgan fingerprint density at radius 1 is 1.10 bits per heavy atom. The SMILES string of the molecule is Cc1ccc(N(CC(=O)NNC2=CC[NH+](C)CC2)S(=O)(=O)c2ccccc2)cc1. The number of quaternary nitrogens is 1. The van der Waals surface area contributed by atoms with Crippen molar-refractivity contribution in [2.45, 2.75) is 18.2 Å². The van der Waals surface area contributed by atoms with Crippen LogP contribution in [0.4, 0.5) is 5.69 Å². The molecule has 0 aromatic heterocycles. The zero-order chi connectivity index (χ0) is 20.9. The highest BCUT2D eigenvalue weighted by atomic mass is 32.2. The predicted molar refractivity (Wildman–Crippen MR) is 113 cm³/mol. The summed E-state index contributed by atoms with van der Waals surface area (Å²) < 4.78 is 27.5. The van der Waals surface area contributed by atoms with E-state index in [1.807, 2.05) is 25.1 Å². The number of rotatable bonds is 7. The van der Waals surface area contributed by atoms with Crippen LogP contribution in [-0.2, 0) is 14.8 Å². The Hall–Kier alpha value is -2.84. The second-order valence-electron chi connectivity index (χ2n) is 7.22. The number of amides is 1. The summed E-state index contributed by atoms with van der Waals surface area (Å²) in [6.07, 6.45) is 2.87. The van der Waals surface area contributed by atoms with Gasteiger partial charge in [-0.05, 0) is 37.3 Å². The minimum Gasteiger partial charge on any atom is -0.334 e. The van der Waals surface area contributed by atoms with Crippen LogP contribution >= 0.6 is 0 Å². The summed E-state index contributed by atoms with van der Waals surface area (Å²) in [6, 6.07) is 15.2. The molecule has 0 saturated carbocycles. The van der Waals surface area contributed by atoms with Gasteiger partial charge in [0, 0.05) is 12.1 Å². The Morgan fingerprint density at radius 3 is 2.41 bits per heavy atom. The van der Waals surface area contributed by atoms with Gasteiger partial charge in [-0.1, -0.05) is 35.9 Å². The van der Waals surface area contributed by atoms with E-state index in [0.29, 0.717) is 5.69 Å². The van der Waals surface area contributed by atoms with Crippen LogP contribution in [0.2, 0.25) is 0 Å². The maximum Gasteiger partial charge on any atom is 0.264 e. The summed E-state index contributed by atoms with van der Waals surface area (Å²) in [5.74, 6) is -0.433. The maximum atomic E-state index is 13.2. The number of nitrogens with zero attached hydrogens (tertiary/aromatic N) is 1. The first kappa shape index (κ1) is 20.9. The van der Waals surface area contributed by atoms with E-state index in [4.69, 9.17) is 0 Å². The minimum absolute atomic E-state index is 0.141. The molecule has 3 rings (SSSR count). The third-order valence-electron chi connectivity index (χ3n) is 4.82. The number of carbonyl (C=O) groups excluding carboxylic acids is 1. The van der Waals surface area contributed by atoms with Gasteiger partial charge in [-0.25, -0.2) is 8.42 Å². The summed E-state index contributed by atoms with van der Waals surface area (Å²) in [5, 5.41) is 0. The van der Waals surface area contributed by atoms with E-state index in [1.54, 1.807) is 30.3 Å². The molecule has 8 heteroatoms. The van der Waals surface area contributed by atoms with Crippen LogP contribution in [0.25, 0.3) is 0 Å². The number of sulfonamides is 1. The minimum atomic E-state index is -3.89. The lowest BCUT2D eigenvalue weighted by molar-refractivity contribution is -0.875. The molecule has 1 amide bonds. The molecular weight excluding hydrogens is 388 g/mol. The van der Waals surface area contributed by atoms with Crippen LogP contribution < -0.4 is 20.1 Å². The van der Waals surface area contributed by atoms with Crippen LogP contribution in [0.1, 0.15) is 12.0 Å². The molecule has 7 nitrogen and oxygen atoms in total. The number of nitrogens with one attached hydrogen (secondary N) is 3. The number of benzene rings is 2. The molecule has 0 saturated heterocycles. The molecule has 0 bridgehead atoms. The molecule has 0 radical (unpaired) electrons. The molecule has 29 heavy (non-hydrogen) atoms. The van der Waals surface area contributed by atoms with E-state index in [0.717, 1.165) is 35.1 Å². The van der Waals surface area contributed by atoms with E-state index < -0.39 is 15.9 Å². The smallest absolute Gasteiger partial charge is 0.264 e. The summed E-state index contributed by atoms with van der Waals surface area (Å²) in [6.45, 7) is 3.46. The van der Waals surface area contributed by atoms with Gasteiger partial charge in [0.1, 0.15) is 6.54 Å². The molecule has 2 aromatic carbocycles. The van der Waals surface area contributed by atoms with Crippen LogP contribution in [-0.4, -0.2) is 41.0 Å². The van der Waals surface area contributed by atoms with Gasteiger partial charge in [0.05, 0.1) is 30.7 Å². The maximum absolute atomic E-state index is 13.2. The average molecular weight is 416 g/mol. The lowest BCUT2D eigenvalue weighted by Crippen LogP contribution is -3.09. The fourth-order valence-corrected chi connectivity index (χ4v) is 4.47. The van der Waals surface area contributed by atoms with Gasteiger partial charge in [0.15, 0.2) is 0 Å². The van der Waals surface area contributed by atoms with Crippen molar-refractivity contribution >= 4 is 21.6 Å². The fourth-order valence-electron chi connectivity index (χ4n) is 3.03. The molecular formula is C21H27N4O3S+. The van der Waals surface area contributed by atoms with Gasteiger partial charge in [0.2, 0.25) is 0 Å². The summed E-state index contributed by atoms with van der Waals surface area (Å²) in [5.41, 5.74) is 7.95. The number of likely N-dealkylation sites (N-methyl/N-ethyl adjacent to an activating group) is 1. The summed E-state index contributed by atoms with van der Waals surface area (Å²) in [4.78, 5) is 14.1. The number of hydrazine groups is 1. The molecule has 1 atom stereocenters. The van der Waals surface area contributed by atoms with E-state index in [9.17, 15) is 13.2 Å². The van der Waals surface area contributed by atoms with Crippen molar-refractivity contribution in [3.8, 4) is 0 Å². The number of hydrogen-bond donors (Lipinski definition) is 3. The van der Waals surface area contributed by atoms with Gasteiger partial charge in [0.25, 0.3) is 15.9 Å². The average Bonchev–Trinajstić information content (AvgIpc) is 2.73. The summed E-state index contributed by atoms with van der Waals surface area (Å²) in [7, 11) is -1.77. The van der Waals surface area contributed by atoms with Gasteiger partial charge in [-0.15, -0.1) is 0 Å². The van der Waals surface area contributed by atoms with Crippen LogP contribution in [0.15, 0.2) is 71.3 Å². The monoisotopic (exact) mass is 415 g/mol. The van der Waals surface area contributed by atoms with E-state index >= 15 is 0 Å². The zero-order valence-electron chi connectivity index (χ0n) is 16.7. The molecule has 154 valence electrons. The third-order valence-corrected chi connectivity index (χ3v) is 6.61. The van der Waals surface area contributed by atoms with Gasteiger partial charge < -0.3 is 10.3 Å². The molecule has 0 fully saturated rings. The van der Waals surface area contributed by atoms with E-state index in [1.165, 1.54) is 17.0 Å². The Morgan fingerprint density at radius 2 is 1.79 bits per heavy atom. The van der Waals surface area contributed by atoms with E-state index in [2.05, 4.69) is 17.9 Å². The molecule has 1 aliphatic rings. The highest BCUT2D eigenvalue weighted by molar-refractivity contribution is 7.92. The first-order valence-corrected chi connectivity index (χ1v) is 11.0. The Labute approximate surface area is 172 Å². The van der Waals surface area contributed by atoms with Gasteiger partial charge in [-0.2, -0.15) is 0 Å². The summed E-state index contributed by atoms with van der Waals surface area (Å²) >= 11 is 0. The van der Waals surface area contributed by atoms with Gasteiger partial charge in [-0.3, -0.25) is 14.5 Å². The second kappa shape index (κ2) is 9.11. The molecule has 0 spiro atoms. The zero-order valence-corrected chi connectivity index (χ0v) is 17.5. The largest absolute Gasteiger partial charge is 0.334 e. The van der Waals surface area contributed by atoms with Crippen molar-refractivity contribution in [3.63, 3.8) is 0 Å². The number of carbonyl (C=O) groups is 1. The fraction of sp³-hybridized carbons (Fsp3) is 0.286. The van der Waals surface area contributed by atoms with Crippen molar-refractivity contribution in [2.24, 2.45) is 0 Å². The first-order chi connectivity index (χ1) is 13.9. The van der Waals surface area contributed by atoms with Crippen molar-refractivity contribution in [1.82, 2.24) is 10.9 Å².